The second-order valence-electron chi connectivity index (χ2n) is 6.58. The van der Waals surface area contributed by atoms with Crippen molar-refractivity contribution >= 4 is 29.2 Å². The number of likely N-dealkylation sites (tertiary alicyclic amines) is 1. The van der Waals surface area contributed by atoms with Gasteiger partial charge in [-0.05, 0) is 56.2 Å². The molecule has 152 valence electrons. The SMILES string of the molecule is C[C@@H](OC(=O)c1ccc(Oc2ccc(Cl)cc2[N+](=O)[O-])cc1)C(=O)N1CCCC1. The van der Waals surface area contributed by atoms with Crippen LogP contribution < -0.4 is 4.74 Å². The van der Waals surface area contributed by atoms with E-state index in [-0.39, 0.29) is 27.9 Å². The quantitative estimate of drug-likeness (QED) is 0.396. The number of carbonyl (C=O) groups excluding carboxylic acids is 2. The highest BCUT2D eigenvalue weighted by Gasteiger charge is 2.26. The zero-order chi connectivity index (χ0) is 21.0. The van der Waals surface area contributed by atoms with Crippen LogP contribution in [0, 0.1) is 10.1 Å². The van der Waals surface area contributed by atoms with E-state index in [0.29, 0.717) is 18.8 Å². The zero-order valence-corrected chi connectivity index (χ0v) is 16.4. The van der Waals surface area contributed by atoms with Gasteiger partial charge in [-0.1, -0.05) is 11.6 Å². The van der Waals surface area contributed by atoms with Crippen LogP contribution in [0.4, 0.5) is 5.69 Å². The van der Waals surface area contributed by atoms with Gasteiger partial charge in [-0.25, -0.2) is 4.79 Å². The highest BCUT2D eigenvalue weighted by molar-refractivity contribution is 6.30. The van der Waals surface area contributed by atoms with Crippen molar-refractivity contribution in [3.8, 4) is 11.5 Å². The van der Waals surface area contributed by atoms with Gasteiger partial charge in [0, 0.05) is 24.2 Å². The molecular weight excluding hydrogens is 400 g/mol. The highest BCUT2D eigenvalue weighted by atomic mass is 35.5. The number of carbonyl (C=O) groups is 2. The molecule has 2 aromatic carbocycles. The maximum absolute atomic E-state index is 12.3. The third-order valence-electron chi connectivity index (χ3n) is 4.48. The number of hydrogen-bond donors (Lipinski definition) is 0. The van der Waals surface area contributed by atoms with Crippen molar-refractivity contribution in [2.75, 3.05) is 13.1 Å². The Labute approximate surface area is 172 Å². The van der Waals surface area contributed by atoms with Gasteiger partial charge in [0.15, 0.2) is 6.10 Å². The van der Waals surface area contributed by atoms with E-state index in [9.17, 15) is 19.7 Å². The lowest BCUT2D eigenvalue weighted by Crippen LogP contribution is -2.38. The third kappa shape index (κ3) is 5.03. The Kier molecular flexibility index (Phi) is 6.33. The molecule has 0 bridgehead atoms. The molecule has 1 aliphatic rings. The Morgan fingerprint density at radius 3 is 2.41 bits per heavy atom. The van der Waals surface area contributed by atoms with Crippen molar-refractivity contribution in [2.24, 2.45) is 0 Å². The molecule has 2 aromatic rings. The van der Waals surface area contributed by atoms with Gasteiger partial charge in [-0.15, -0.1) is 0 Å². The van der Waals surface area contributed by atoms with E-state index in [2.05, 4.69) is 0 Å². The number of halogens is 1. The molecule has 1 heterocycles. The first-order chi connectivity index (χ1) is 13.8. The largest absolute Gasteiger partial charge is 0.450 e. The molecule has 0 saturated carbocycles. The normalized spacial score (nSPS) is 14.3. The fraction of sp³-hybridized carbons (Fsp3) is 0.300. The van der Waals surface area contributed by atoms with Crippen molar-refractivity contribution in [1.29, 1.82) is 0 Å². The molecule has 9 heteroatoms. The van der Waals surface area contributed by atoms with E-state index < -0.39 is 17.0 Å². The minimum absolute atomic E-state index is 0.0274. The Balaban J connectivity index is 1.65. The second kappa shape index (κ2) is 8.91. The Bertz CT molecular complexity index is 925. The lowest BCUT2D eigenvalue weighted by molar-refractivity contribution is -0.385. The van der Waals surface area contributed by atoms with E-state index in [4.69, 9.17) is 21.1 Å². The summed E-state index contributed by atoms with van der Waals surface area (Å²) >= 11 is 5.79. The lowest BCUT2D eigenvalue weighted by Gasteiger charge is -2.20. The minimum atomic E-state index is -0.867. The summed E-state index contributed by atoms with van der Waals surface area (Å²) in [6, 6.07) is 9.98. The van der Waals surface area contributed by atoms with E-state index in [1.807, 2.05) is 0 Å². The van der Waals surface area contributed by atoms with Gasteiger partial charge in [0.05, 0.1) is 10.5 Å². The standard InChI is InChI=1S/C20H19ClN2O6/c1-13(19(24)22-10-2-3-11-22)28-20(25)14-4-7-16(8-5-14)29-18-9-6-15(21)12-17(18)23(26)27/h4-9,12-13H,2-3,10-11H2,1H3/t13-/m1/s1. The maximum Gasteiger partial charge on any atom is 0.338 e. The van der Waals surface area contributed by atoms with Crippen LogP contribution in [-0.2, 0) is 9.53 Å². The molecule has 0 aromatic heterocycles. The van der Waals surface area contributed by atoms with Crippen molar-refractivity contribution in [2.45, 2.75) is 25.9 Å². The summed E-state index contributed by atoms with van der Waals surface area (Å²) in [5, 5.41) is 11.4. The highest BCUT2D eigenvalue weighted by Crippen LogP contribution is 2.33. The van der Waals surface area contributed by atoms with Gasteiger partial charge in [0.25, 0.3) is 5.91 Å². The molecule has 8 nitrogen and oxygen atoms in total. The van der Waals surface area contributed by atoms with Crippen LogP contribution in [-0.4, -0.2) is 40.9 Å². The molecule has 1 aliphatic heterocycles. The van der Waals surface area contributed by atoms with E-state index in [1.165, 1.54) is 42.5 Å². The van der Waals surface area contributed by atoms with Gasteiger partial charge in [-0.3, -0.25) is 14.9 Å². The van der Waals surface area contributed by atoms with Crippen molar-refractivity contribution < 1.29 is 24.0 Å². The number of ether oxygens (including phenoxy) is 2. The first kappa shape index (κ1) is 20.6. The monoisotopic (exact) mass is 418 g/mol. The summed E-state index contributed by atoms with van der Waals surface area (Å²) in [5.41, 5.74) is -0.0285. The van der Waals surface area contributed by atoms with Gasteiger partial charge in [0.1, 0.15) is 5.75 Å². The number of rotatable bonds is 6. The third-order valence-corrected chi connectivity index (χ3v) is 4.72. The molecule has 3 rings (SSSR count). The average Bonchev–Trinajstić information content (AvgIpc) is 3.23. The summed E-state index contributed by atoms with van der Waals surface area (Å²) in [4.78, 5) is 36.8. The molecule has 0 radical (unpaired) electrons. The second-order valence-corrected chi connectivity index (χ2v) is 7.01. The smallest absolute Gasteiger partial charge is 0.338 e. The average molecular weight is 419 g/mol. The van der Waals surface area contributed by atoms with Crippen LogP contribution in [0.1, 0.15) is 30.1 Å². The number of nitro benzene ring substituents is 1. The topological polar surface area (TPSA) is 99.0 Å². The van der Waals surface area contributed by atoms with Gasteiger partial charge >= 0.3 is 11.7 Å². The molecular formula is C20H19ClN2O6. The van der Waals surface area contributed by atoms with Gasteiger partial charge in [-0.2, -0.15) is 0 Å². The van der Waals surface area contributed by atoms with Crippen molar-refractivity contribution in [1.82, 2.24) is 4.90 Å². The Morgan fingerprint density at radius 2 is 1.79 bits per heavy atom. The predicted molar refractivity (Wildman–Crippen MR) is 105 cm³/mol. The molecule has 1 atom stereocenters. The number of amides is 1. The summed E-state index contributed by atoms with van der Waals surface area (Å²) in [6.07, 6.45) is 1.05. The summed E-state index contributed by atoms with van der Waals surface area (Å²) in [6.45, 7) is 2.92. The van der Waals surface area contributed by atoms with Crippen LogP contribution in [0.2, 0.25) is 5.02 Å². The van der Waals surface area contributed by atoms with Crippen LogP contribution in [0.5, 0.6) is 11.5 Å². The summed E-state index contributed by atoms with van der Waals surface area (Å²) < 4.78 is 10.8. The first-order valence-corrected chi connectivity index (χ1v) is 9.44. The molecule has 29 heavy (non-hydrogen) atoms. The molecule has 0 spiro atoms. The minimum Gasteiger partial charge on any atom is -0.450 e. The molecule has 1 amide bonds. The Hall–Kier alpha value is -3.13. The van der Waals surface area contributed by atoms with Crippen LogP contribution in [0.3, 0.4) is 0 Å². The summed E-state index contributed by atoms with van der Waals surface area (Å²) in [5.74, 6) is -0.507. The maximum atomic E-state index is 12.3. The van der Waals surface area contributed by atoms with Crippen molar-refractivity contribution in [3.63, 3.8) is 0 Å². The number of nitro groups is 1. The lowest BCUT2D eigenvalue weighted by atomic mass is 10.2. The Morgan fingerprint density at radius 1 is 1.14 bits per heavy atom. The number of nitrogens with zero attached hydrogens (tertiary/aromatic N) is 2. The number of hydrogen-bond acceptors (Lipinski definition) is 6. The molecule has 1 fully saturated rings. The molecule has 0 N–H and O–H groups in total. The first-order valence-electron chi connectivity index (χ1n) is 9.07. The van der Waals surface area contributed by atoms with Gasteiger partial charge in [0.2, 0.25) is 5.75 Å². The zero-order valence-electron chi connectivity index (χ0n) is 15.7. The van der Waals surface area contributed by atoms with Crippen molar-refractivity contribution in [3.05, 3.63) is 63.2 Å². The van der Waals surface area contributed by atoms with E-state index >= 15 is 0 Å². The fourth-order valence-electron chi connectivity index (χ4n) is 2.98. The summed E-state index contributed by atoms with van der Waals surface area (Å²) in [7, 11) is 0. The van der Waals surface area contributed by atoms with E-state index in [0.717, 1.165) is 12.8 Å². The molecule has 1 saturated heterocycles. The van der Waals surface area contributed by atoms with Crippen LogP contribution in [0.25, 0.3) is 0 Å². The van der Waals surface area contributed by atoms with Crippen LogP contribution in [0.15, 0.2) is 42.5 Å². The van der Waals surface area contributed by atoms with Crippen LogP contribution >= 0.6 is 11.6 Å². The number of esters is 1. The predicted octanol–water partition coefficient (Wildman–Crippen LogP) is 4.21. The number of benzene rings is 2. The fourth-order valence-corrected chi connectivity index (χ4v) is 3.15. The molecule has 0 aliphatic carbocycles. The van der Waals surface area contributed by atoms with Gasteiger partial charge < -0.3 is 14.4 Å². The van der Waals surface area contributed by atoms with E-state index in [1.54, 1.807) is 11.8 Å². The molecule has 0 unspecified atom stereocenters.